The molecule has 128 valence electrons. The van der Waals surface area contributed by atoms with E-state index in [1.54, 1.807) is 24.3 Å². The van der Waals surface area contributed by atoms with Gasteiger partial charge >= 0.3 is 0 Å². The largest absolute Gasteiger partial charge is 0.306 e. The van der Waals surface area contributed by atoms with Crippen LogP contribution in [0.2, 0.25) is 5.02 Å². The second-order valence-electron chi connectivity index (χ2n) is 5.42. The van der Waals surface area contributed by atoms with Crippen molar-refractivity contribution in [1.82, 2.24) is 15.0 Å². The quantitative estimate of drug-likeness (QED) is 0.561. The molecule has 0 fully saturated rings. The highest BCUT2D eigenvalue weighted by Gasteiger charge is 2.15. The molecule has 0 aliphatic carbocycles. The summed E-state index contributed by atoms with van der Waals surface area (Å²) in [5.41, 5.74) is 0.882. The lowest BCUT2D eigenvalue weighted by Gasteiger charge is -2.03. The fraction of sp³-hybridized carbons (Fsp3) is 0. The molecule has 2 aromatic heterocycles. The van der Waals surface area contributed by atoms with Crippen molar-refractivity contribution in [1.29, 1.82) is 0 Å². The van der Waals surface area contributed by atoms with Gasteiger partial charge in [0.25, 0.3) is 11.5 Å². The number of H-pyrrole nitrogens is 1. The zero-order valence-corrected chi connectivity index (χ0v) is 14.8. The number of para-hydroxylation sites is 1. The van der Waals surface area contributed by atoms with Gasteiger partial charge in [-0.25, -0.2) is 9.97 Å². The van der Waals surface area contributed by atoms with Crippen LogP contribution in [0.1, 0.15) is 10.4 Å². The Morgan fingerprint density at radius 2 is 1.88 bits per heavy atom. The number of anilines is 1. The molecule has 0 saturated heterocycles. The molecule has 8 heteroatoms. The monoisotopic (exact) mass is 382 g/mol. The summed E-state index contributed by atoms with van der Waals surface area (Å²) in [6, 6.07) is 14.4. The van der Waals surface area contributed by atoms with Crippen LogP contribution in [0.25, 0.3) is 21.6 Å². The van der Waals surface area contributed by atoms with Crippen molar-refractivity contribution in [2.75, 3.05) is 5.32 Å². The lowest BCUT2D eigenvalue weighted by atomic mass is 10.2. The number of thiazole rings is 1. The molecule has 2 aromatic carbocycles. The third kappa shape index (κ3) is 3.22. The van der Waals surface area contributed by atoms with Crippen LogP contribution < -0.4 is 10.9 Å². The van der Waals surface area contributed by atoms with Gasteiger partial charge in [-0.2, -0.15) is 0 Å². The van der Waals surface area contributed by atoms with E-state index in [9.17, 15) is 9.59 Å². The molecular formula is C18H11ClN4O2S. The van der Waals surface area contributed by atoms with E-state index < -0.39 is 11.5 Å². The third-order valence-electron chi connectivity index (χ3n) is 3.68. The summed E-state index contributed by atoms with van der Waals surface area (Å²) in [6.07, 6.45) is 1.26. The van der Waals surface area contributed by atoms with Crippen molar-refractivity contribution in [3.05, 3.63) is 75.7 Å². The number of nitrogens with zero attached hydrogens (tertiary/aromatic N) is 2. The molecule has 2 N–H and O–H groups in total. The van der Waals surface area contributed by atoms with Crippen molar-refractivity contribution in [2.45, 2.75) is 0 Å². The molecule has 4 aromatic rings. The van der Waals surface area contributed by atoms with Crippen molar-refractivity contribution in [3.63, 3.8) is 0 Å². The molecule has 0 unspecified atom stereocenters. The van der Waals surface area contributed by atoms with Crippen LogP contribution in [-0.4, -0.2) is 20.9 Å². The summed E-state index contributed by atoms with van der Waals surface area (Å²) < 4.78 is 0.952. The van der Waals surface area contributed by atoms with E-state index in [0.29, 0.717) is 21.5 Å². The van der Waals surface area contributed by atoms with Crippen LogP contribution in [0.5, 0.6) is 0 Å². The predicted octanol–water partition coefficient (Wildman–Crippen LogP) is 3.95. The Kier molecular flexibility index (Phi) is 4.24. The fourth-order valence-corrected chi connectivity index (χ4v) is 3.39. The summed E-state index contributed by atoms with van der Waals surface area (Å²) in [6.45, 7) is 0. The van der Waals surface area contributed by atoms with Crippen LogP contribution in [-0.2, 0) is 0 Å². The SMILES string of the molecule is O=C(Nc1nc2ccccc2s1)c1cnc(-c2ccc(Cl)cc2)[nH]c1=O. The average Bonchev–Trinajstić information content (AvgIpc) is 3.04. The zero-order chi connectivity index (χ0) is 18.1. The number of hydrogen-bond donors (Lipinski definition) is 2. The topological polar surface area (TPSA) is 87.7 Å². The number of nitrogens with one attached hydrogen (secondary N) is 2. The van der Waals surface area contributed by atoms with E-state index in [1.807, 2.05) is 24.3 Å². The number of aromatic amines is 1. The van der Waals surface area contributed by atoms with Crippen LogP contribution in [0, 0.1) is 0 Å². The Labute approximate surface area is 156 Å². The maximum atomic E-state index is 12.4. The minimum atomic E-state index is -0.555. The maximum absolute atomic E-state index is 12.4. The summed E-state index contributed by atoms with van der Waals surface area (Å²) >= 11 is 7.19. The molecule has 1 amide bonds. The van der Waals surface area contributed by atoms with Crippen molar-refractivity contribution < 1.29 is 4.79 Å². The van der Waals surface area contributed by atoms with Crippen LogP contribution in [0.3, 0.4) is 0 Å². The Morgan fingerprint density at radius 3 is 2.62 bits per heavy atom. The van der Waals surface area contributed by atoms with E-state index in [4.69, 9.17) is 11.6 Å². The number of carbonyl (C=O) groups is 1. The first kappa shape index (κ1) is 16.4. The molecule has 0 spiro atoms. The summed E-state index contributed by atoms with van der Waals surface area (Å²) in [5.74, 6) is -0.191. The summed E-state index contributed by atoms with van der Waals surface area (Å²) in [7, 11) is 0. The lowest BCUT2D eigenvalue weighted by molar-refractivity contribution is 0.102. The molecule has 0 bridgehead atoms. The highest BCUT2D eigenvalue weighted by molar-refractivity contribution is 7.22. The van der Waals surface area contributed by atoms with Gasteiger partial charge in [0.1, 0.15) is 11.4 Å². The zero-order valence-electron chi connectivity index (χ0n) is 13.2. The molecule has 0 saturated carbocycles. The van der Waals surface area contributed by atoms with E-state index in [2.05, 4.69) is 20.3 Å². The van der Waals surface area contributed by atoms with Gasteiger partial charge in [0.2, 0.25) is 0 Å². The number of aromatic nitrogens is 3. The first-order valence-electron chi connectivity index (χ1n) is 7.62. The number of benzene rings is 2. The Hall–Kier alpha value is -3.03. The van der Waals surface area contributed by atoms with E-state index in [0.717, 1.165) is 10.2 Å². The normalized spacial score (nSPS) is 10.8. The molecule has 0 atom stereocenters. The van der Waals surface area contributed by atoms with Gasteiger partial charge in [-0.3, -0.25) is 14.9 Å². The van der Waals surface area contributed by atoms with Gasteiger partial charge in [0, 0.05) is 16.8 Å². The Bertz CT molecular complexity index is 1130. The number of carbonyl (C=O) groups excluding carboxylic acids is 1. The number of hydrogen-bond acceptors (Lipinski definition) is 5. The van der Waals surface area contributed by atoms with Crippen molar-refractivity contribution >= 4 is 44.2 Å². The van der Waals surface area contributed by atoms with Gasteiger partial charge in [-0.1, -0.05) is 35.1 Å². The number of fused-ring (bicyclic) bond motifs is 1. The fourth-order valence-electron chi connectivity index (χ4n) is 2.40. The number of rotatable bonds is 3. The molecule has 0 aliphatic rings. The van der Waals surface area contributed by atoms with Crippen molar-refractivity contribution in [2.24, 2.45) is 0 Å². The third-order valence-corrected chi connectivity index (χ3v) is 4.88. The summed E-state index contributed by atoms with van der Waals surface area (Å²) in [4.78, 5) is 35.8. The van der Waals surface area contributed by atoms with Crippen LogP contribution in [0.4, 0.5) is 5.13 Å². The van der Waals surface area contributed by atoms with E-state index in [1.165, 1.54) is 17.5 Å². The standard InChI is InChI=1S/C18H11ClN4O2S/c19-11-7-5-10(6-8-11)15-20-9-12(16(24)22-15)17(25)23-18-21-13-3-1-2-4-14(13)26-18/h1-9H,(H,20,22,24)(H,21,23,25). The van der Waals surface area contributed by atoms with Gasteiger partial charge in [0.05, 0.1) is 10.2 Å². The molecule has 0 radical (unpaired) electrons. The minimum absolute atomic E-state index is 0.0815. The molecule has 4 rings (SSSR count). The second-order valence-corrected chi connectivity index (χ2v) is 6.89. The average molecular weight is 383 g/mol. The number of amides is 1. The van der Waals surface area contributed by atoms with Gasteiger partial charge in [-0.15, -0.1) is 0 Å². The molecule has 6 nitrogen and oxygen atoms in total. The highest BCUT2D eigenvalue weighted by Crippen LogP contribution is 2.25. The highest BCUT2D eigenvalue weighted by atomic mass is 35.5. The van der Waals surface area contributed by atoms with Crippen molar-refractivity contribution in [3.8, 4) is 11.4 Å². The molecular weight excluding hydrogens is 372 g/mol. The van der Waals surface area contributed by atoms with Crippen LogP contribution in [0.15, 0.2) is 59.5 Å². The Morgan fingerprint density at radius 1 is 1.12 bits per heavy atom. The Balaban J connectivity index is 1.59. The first-order chi connectivity index (χ1) is 12.6. The number of halogens is 1. The van der Waals surface area contributed by atoms with E-state index >= 15 is 0 Å². The predicted molar refractivity (Wildman–Crippen MR) is 103 cm³/mol. The smallest absolute Gasteiger partial charge is 0.264 e. The minimum Gasteiger partial charge on any atom is -0.306 e. The van der Waals surface area contributed by atoms with Gasteiger partial charge in [0.15, 0.2) is 5.13 Å². The molecule has 0 aliphatic heterocycles. The summed E-state index contributed by atoms with van der Waals surface area (Å²) in [5, 5.41) is 3.66. The maximum Gasteiger partial charge on any atom is 0.264 e. The van der Waals surface area contributed by atoms with Gasteiger partial charge in [-0.05, 0) is 36.4 Å². The second kappa shape index (κ2) is 6.70. The first-order valence-corrected chi connectivity index (χ1v) is 8.82. The van der Waals surface area contributed by atoms with Gasteiger partial charge < -0.3 is 4.98 Å². The molecule has 2 heterocycles. The lowest BCUT2D eigenvalue weighted by Crippen LogP contribution is -2.24. The van der Waals surface area contributed by atoms with Crippen LogP contribution >= 0.6 is 22.9 Å². The molecule has 26 heavy (non-hydrogen) atoms. The van der Waals surface area contributed by atoms with E-state index in [-0.39, 0.29) is 5.56 Å².